The predicted molar refractivity (Wildman–Crippen MR) is 27.0 cm³/mol. The van der Waals surface area contributed by atoms with E-state index in [4.69, 9.17) is 0 Å². The fraction of sp³-hybridized carbons (Fsp3) is 1.00. The average molecular weight is 168 g/mol. The molecule has 0 aromatic rings. The van der Waals surface area contributed by atoms with Crippen LogP contribution in [0.2, 0.25) is 0 Å². The van der Waals surface area contributed by atoms with Crippen LogP contribution >= 0.6 is 0 Å². The summed E-state index contributed by atoms with van der Waals surface area (Å²) in [6, 6.07) is 0. The number of hydrogen-bond donors (Lipinski definition) is 0. The number of rotatable bonds is 3. The van der Waals surface area contributed by atoms with Crippen molar-refractivity contribution < 1.29 is 64.7 Å². The molecule has 0 amide bonds. The van der Waals surface area contributed by atoms with Gasteiger partial charge in [0.05, 0.1) is 0 Å². The van der Waals surface area contributed by atoms with Crippen LogP contribution in [-0.4, -0.2) is 19.7 Å². The monoisotopic (exact) mass is 168 g/mol. The molecule has 0 aliphatic carbocycles. The van der Waals surface area contributed by atoms with Crippen molar-refractivity contribution in [2.75, 3.05) is 7.11 Å². The van der Waals surface area contributed by atoms with Crippen LogP contribution in [0.3, 0.4) is 0 Å². The number of ether oxygens (including phenoxy) is 2. The van der Waals surface area contributed by atoms with Gasteiger partial charge in [0.25, 0.3) is 0 Å². The van der Waals surface area contributed by atoms with Gasteiger partial charge in [-0.2, -0.15) is 0 Å². The third-order valence-corrected chi connectivity index (χ3v) is 0.715. The number of hydrogen-bond acceptors (Lipinski definition) is 3. The molecule has 0 fully saturated rings. The second kappa shape index (κ2) is 13.9. The van der Waals surface area contributed by atoms with Gasteiger partial charge in [0.1, 0.15) is 0 Å². The van der Waals surface area contributed by atoms with Crippen LogP contribution in [0.4, 0.5) is 0 Å². The van der Waals surface area contributed by atoms with Gasteiger partial charge in [0.2, 0.25) is 0 Å². The van der Waals surface area contributed by atoms with Crippen molar-refractivity contribution in [2.24, 2.45) is 0 Å². The van der Waals surface area contributed by atoms with Crippen LogP contribution in [0.5, 0.6) is 0 Å². The van der Waals surface area contributed by atoms with E-state index in [-0.39, 0.29) is 56.4 Å². The quantitative estimate of drug-likeness (QED) is 0.311. The Kier molecular flexibility index (Phi) is 28.9. The largest absolute Gasteiger partial charge is 1.00 e. The molecule has 11 heavy (non-hydrogen) atoms. The minimum Gasteiger partial charge on any atom is -1.00 e. The molecule has 0 aromatic heterocycles. The first kappa shape index (κ1) is 22.8. The van der Waals surface area contributed by atoms with Crippen molar-refractivity contribution in [3.8, 4) is 0 Å². The van der Waals surface area contributed by atoms with Gasteiger partial charge in [0.15, 0.2) is 6.29 Å². The van der Waals surface area contributed by atoms with Gasteiger partial charge >= 0.3 is 37.7 Å². The van der Waals surface area contributed by atoms with Crippen molar-refractivity contribution in [1.29, 1.82) is 0 Å². The summed E-state index contributed by atoms with van der Waals surface area (Å²) in [5.41, 5.74) is 0. The van der Waals surface area contributed by atoms with Crippen LogP contribution in [-0.2, 0) is 9.47 Å². The molecule has 2 atom stereocenters. The first-order valence-electron chi connectivity index (χ1n) is 2.51. The third kappa shape index (κ3) is 18.4. The number of halogens is 1. The minimum atomic E-state index is -0.995. The molecule has 0 radical (unpaired) electrons. The van der Waals surface area contributed by atoms with Crippen LogP contribution in [0, 0.1) is 0 Å². The van der Waals surface area contributed by atoms with E-state index in [1.54, 1.807) is 6.92 Å². The van der Waals surface area contributed by atoms with Crippen LogP contribution < -0.4 is 55.2 Å². The topological polar surface area (TPSA) is 41.5 Å². The summed E-state index contributed by atoms with van der Waals surface area (Å²) in [5, 5.41) is 10.2. The summed E-state index contributed by atoms with van der Waals surface area (Å²) in [4.78, 5) is 0. The second-order valence-corrected chi connectivity index (χ2v) is 1.51. The number of methoxy groups -OCH3 is 1. The molecule has 0 spiro atoms. The van der Waals surface area contributed by atoms with Crippen molar-refractivity contribution in [2.45, 2.75) is 26.4 Å². The second-order valence-electron chi connectivity index (χ2n) is 1.51. The van der Waals surface area contributed by atoms with Gasteiger partial charge in [-0.3, -0.25) is 0 Å². The van der Waals surface area contributed by atoms with Gasteiger partial charge in [0, 0.05) is 7.11 Å². The van der Waals surface area contributed by atoms with Crippen molar-refractivity contribution in [1.82, 2.24) is 0 Å². The Balaban J connectivity index is -0.0000000817. The van der Waals surface area contributed by atoms with E-state index in [0.29, 0.717) is 0 Å². The van der Waals surface area contributed by atoms with Crippen molar-refractivity contribution in [3.05, 3.63) is 0 Å². The molecule has 3 nitrogen and oxygen atoms in total. The molecule has 0 N–H and O–H groups in total. The Labute approximate surface area is 98.0 Å². The van der Waals surface area contributed by atoms with Gasteiger partial charge < -0.3 is 27.0 Å². The minimum absolute atomic E-state index is 0. The maximum absolute atomic E-state index is 10.2. The Hall–Kier alpha value is 1.36. The molecule has 0 rings (SSSR count). The third-order valence-electron chi connectivity index (χ3n) is 0.715. The van der Waals surface area contributed by atoms with Crippen LogP contribution in [0.15, 0.2) is 0 Å². The van der Waals surface area contributed by atoms with E-state index in [1.165, 1.54) is 14.0 Å². The van der Waals surface area contributed by atoms with Crippen molar-refractivity contribution >= 4 is 0 Å². The SMILES string of the molecule is COC(C)OC(C)[O-].[Cl-].[Li+].[Li+]. The van der Waals surface area contributed by atoms with E-state index in [9.17, 15) is 5.11 Å². The molecule has 0 heterocycles. The maximum Gasteiger partial charge on any atom is 1.00 e. The molecule has 2 unspecified atom stereocenters. The van der Waals surface area contributed by atoms with E-state index < -0.39 is 6.29 Å². The Bertz CT molecular complexity index is 65.7. The van der Waals surface area contributed by atoms with E-state index in [1.807, 2.05) is 0 Å². The zero-order valence-electron chi connectivity index (χ0n) is 7.76. The maximum atomic E-state index is 10.2. The molecule has 6 heteroatoms. The summed E-state index contributed by atoms with van der Waals surface area (Å²) in [6.07, 6.45) is -1.38. The summed E-state index contributed by atoms with van der Waals surface area (Å²) >= 11 is 0. The van der Waals surface area contributed by atoms with Crippen LogP contribution in [0.1, 0.15) is 13.8 Å². The Morgan fingerprint density at radius 1 is 1.18 bits per heavy atom. The molecule has 0 saturated carbocycles. The average Bonchev–Trinajstić information content (AvgIpc) is 1.65. The first-order valence-corrected chi connectivity index (χ1v) is 2.51. The molecule has 0 aliphatic rings. The Morgan fingerprint density at radius 3 is 1.64 bits per heavy atom. The zero-order valence-corrected chi connectivity index (χ0v) is 8.51. The smallest absolute Gasteiger partial charge is 1.00 e. The van der Waals surface area contributed by atoms with Crippen LogP contribution in [0.25, 0.3) is 0 Å². The zero-order chi connectivity index (χ0) is 6.57. The summed E-state index contributed by atoms with van der Waals surface area (Å²) in [6.45, 7) is 3.10. The standard InChI is InChI=1S/C5H11O3.ClH.2Li/c1-4(6)8-5(2)7-3;;;/h4-5H,1-3H3;1H;;/q-1;;2*+1/p-1. The molecule has 0 aromatic carbocycles. The van der Waals surface area contributed by atoms with E-state index in [0.717, 1.165) is 0 Å². The Morgan fingerprint density at radius 2 is 1.55 bits per heavy atom. The van der Waals surface area contributed by atoms with Gasteiger partial charge in [-0.1, -0.05) is 6.92 Å². The molecular formula is C5H11ClLi2O3. The molecule has 58 valence electrons. The summed E-state index contributed by atoms with van der Waals surface area (Å²) in [5.74, 6) is 0. The molecular weight excluding hydrogens is 157 g/mol. The van der Waals surface area contributed by atoms with Gasteiger partial charge in [-0.05, 0) is 13.2 Å². The fourth-order valence-electron chi connectivity index (χ4n) is 0.325. The van der Waals surface area contributed by atoms with Gasteiger partial charge in [-0.15, -0.1) is 0 Å². The van der Waals surface area contributed by atoms with Gasteiger partial charge in [-0.25, -0.2) is 0 Å². The predicted octanol–water partition coefficient (Wildman–Crippen LogP) is -9.29. The summed E-state index contributed by atoms with van der Waals surface area (Å²) < 4.78 is 9.26. The van der Waals surface area contributed by atoms with Crippen molar-refractivity contribution in [3.63, 3.8) is 0 Å². The first-order chi connectivity index (χ1) is 3.66. The normalized spacial score (nSPS) is 13.1. The van der Waals surface area contributed by atoms with E-state index >= 15 is 0 Å². The van der Waals surface area contributed by atoms with E-state index in [2.05, 4.69) is 9.47 Å². The molecule has 0 bridgehead atoms. The summed E-state index contributed by atoms with van der Waals surface area (Å²) in [7, 11) is 1.49. The molecule has 0 saturated heterocycles. The fourth-order valence-corrected chi connectivity index (χ4v) is 0.325. The molecule has 0 aliphatic heterocycles.